The second-order valence-electron chi connectivity index (χ2n) is 6.54. The number of H-pyrrole nitrogens is 1. The van der Waals surface area contributed by atoms with E-state index in [1.165, 1.54) is 32.0 Å². The summed E-state index contributed by atoms with van der Waals surface area (Å²) in [5.41, 5.74) is 0.155. The minimum Gasteiger partial charge on any atom is -0.497 e. The Morgan fingerprint density at radius 2 is 1.86 bits per heavy atom. The van der Waals surface area contributed by atoms with Crippen LogP contribution in [0.25, 0.3) is 0 Å². The predicted octanol–water partition coefficient (Wildman–Crippen LogP) is 2.23. The van der Waals surface area contributed by atoms with Crippen LogP contribution in [0.15, 0.2) is 34.2 Å². The zero-order valence-electron chi connectivity index (χ0n) is 15.9. The van der Waals surface area contributed by atoms with Crippen LogP contribution in [0.2, 0.25) is 0 Å². The third kappa shape index (κ3) is 4.78. The van der Waals surface area contributed by atoms with Gasteiger partial charge in [-0.25, -0.2) is 9.78 Å². The number of aromatic nitrogens is 2. The highest BCUT2D eigenvalue weighted by atomic mass is 32.2. The molecule has 0 unspecified atom stereocenters. The predicted molar refractivity (Wildman–Crippen MR) is 105 cm³/mol. The van der Waals surface area contributed by atoms with Gasteiger partial charge in [0.15, 0.2) is 0 Å². The number of carbonyl (C=O) groups is 1. The highest BCUT2D eigenvalue weighted by Crippen LogP contribution is 2.29. The summed E-state index contributed by atoms with van der Waals surface area (Å²) in [6.45, 7) is 0. The number of nitrogens with zero attached hydrogens (tertiary/aromatic N) is 1. The fraction of sp³-hybridized carbons (Fsp3) is 0.421. The zero-order valence-corrected chi connectivity index (χ0v) is 16.7. The Morgan fingerprint density at radius 1 is 1.21 bits per heavy atom. The first-order valence-corrected chi connectivity index (χ1v) is 10.0. The number of hydrogen-bond donors (Lipinski definition) is 3. The van der Waals surface area contributed by atoms with Gasteiger partial charge in [-0.3, -0.25) is 4.79 Å². The highest BCUT2D eigenvalue weighted by molar-refractivity contribution is 7.99. The molecule has 1 aromatic heterocycles. The third-order valence-corrected chi connectivity index (χ3v) is 5.60. The molecule has 0 aliphatic heterocycles. The van der Waals surface area contributed by atoms with E-state index in [2.05, 4.69) is 10.3 Å². The molecule has 0 spiro atoms. The SMILES string of the molecule is COc1cc(NC(=O)CSc2[nH]c(=O)cc(O)[n+]2C2CCCC2)cc(OC)c1. The maximum atomic E-state index is 12.4. The van der Waals surface area contributed by atoms with E-state index >= 15 is 0 Å². The number of rotatable bonds is 7. The quantitative estimate of drug-likeness (QED) is 0.370. The normalized spacial score (nSPS) is 14.1. The van der Waals surface area contributed by atoms with Crippen LogP contribution in [0.4, 0.5) is 5.69 Å². The number of methoxy groups -OCH3 is 2. The number of benzene rings is 1. The molecule has 150 valence electrons. The summed E-state index contributed by atoms with van der Waals surface area (Å²) in [6.07, 6.45) is 4.04. The Labute approximate surface area is 166 Å². The molecule has 0 bridgehead atoms. The number of nitrogens with one attached hydrogen (secondary N) is 2. The number of aromatic amines is 1. The van der Waals surface area contributed by atoms with Crippen LogP contribution in [-0.4, -0.2) is 36.0 Å². The van der Waals surface area contributed by atoms with Crippen LogP contribution in [-0.2, 0) is 4.79 Å². The second-order valence-corrected chi connectivity index (χ2v) is 7.51. The van der Waals surface area contributed by atoms with Crippen LogP contribution in [0.5, 0.6) is 17.4 Å². The van der Waals surface area contributed by atoms with Crippen LogP contribution in [0.3, 0.4) is 0 Å². The van der Waals surface area contributed by atoms with E-state index in [1.807, 2.05) is 0 Å². The average molecular weight is 406 g/mol. The number of amides is 1. The lowest BCUT2D eigenvalue weighted by Crippen LogP contribution is -2.43. The van der Waals surface area contributed by atoms with Crippen molar-refractivity contribution in [2.75, 3.05) is 25.3 Å². The van der Waals surface area contributed by atoms with Gasteiger partial charge in [0.25, 0.3) is 5.88 Å². The second kappa shape index (κ2) is 9.01. The van der Waals surface area contributed by atoms with Crippen LogP contribution in [0.1, 0.15) is 31.7 Å². The number of thioether (sulfide) groups is 1. The molecule has 3 N–H and O–H groups in total. The lowest BCUT2D eigenvalue weighted by Gasteiger charge is -2.13. The topological polar surface area (TPSA) is 105 Å². The van der Waals surface area contributed by atoms with E-state index in [9.17, 15) is 14.7 Å². The van der Waals surface area contributed by atoms with Crippen molar-refractivity contribution in [3.8, 4) is 17.4 Å². The van der Waals surface area contributed by atoms with Crippen molar-refractivity contribution in [2.45, 2.75) is 36.9 Å². The van der Waals surface area contributed by atoms with Gasteiger partial charge in [-0.1, -0.05) is 0 Å². The fourth-order valence-electron chi connectivity index (χ4n) is 3.32. The molecule has 3 rings (SSSR count). The van der Waals surface area contributed by atoms with E-state index in [4.69, 9.17) is 9.47 Å². The Kier molecular flexibility index (Phi) is 6.45. The summed E-state index contributed by atoms with van der Waals surface area (Å²) in [4.78, 5) is 26.9. The number of hydrogen-bond acceptors (Lipinski definition) is 6. The molecule has 1 heterocycles. The Balaban J connectivity index is 1.72. The molecule has 0 atom stereocenters. The monoisotopic (exact) mass is 406 g/mol. The molecule has 28 heavy (non-hydrogen) atoms. The summed E-state index contributed by atoms with van der Waals surface area (Å²) < 4.78 is 12.1. The minimum atomic E-state index is -0.396. The van der Waals surface area contributed by atoms with Crippen molar-refractivity contribution in [2.24, 2.45) is 0 Å². The largest absolute Gasteiger partial charge is 0.497 e. The van der Waals surface area contributed by atoms with Crippen molar-refractivity contribution >= 4 is 23.4 Å². The van der Waals surface area contributed by atoms with E-state index in [0.717, 1.165) is 25.7 Å². The first-order chi connectivity index (χ1) is 13.5. The van der Waals surface area contributed by atoms with Crippen LogP contribution in [0, 0.1) is 0 Å². The molecule has 9 heteroatoms. The standard InChI is InChI=1S/C19H23N3O5S/c1-26-14-7-12(8-15(9-14)27-2)20-17(24)11-28-19-21-16(23)10-18(25)22(19)13-5-3-4-6-13/h7-10,13H,3-6,11H2,1-2H3,(H2,20,23,24,25)/p+1. The van der Waals surface area contributed by atoms with Crippen LogP contribution < -0.4 is 24.9 Å². The van der Waals surface area contributed by atoms with Crippen molar-refractivity contribution in [3.05, 3.63) is 34.6 Å². The number of aromatic hydroxyl groups is 1. The first-order valence-electron chi connectivity index (χ1n) is 9.03. The third-order valence-electron chi connectivity index (χ3n) is 4.62. The van der Waals surface area contributed by atoms with Gasteiger partial charge in [-0.05, 0) is 37.4 Å². The molecule has 1 aliphatic rings. The molecular weight excluding hydrogens is 382 g/mol. The van der Waals surface area contributed by atoms with E-state index in [-0.39, 0.29) is 23.6 Å². The van der Waals surface area contributed by atoms with Gasteiger partial charge in [0, 0.05) is 23.9 Å². The number of carbonyl (C=O) groups excluding carboxylic acids is 1. The van der Waals surface area contributed by atoms with Crippen molar-refractivity contribution in [1.82, 2.24) is 4.98 Å². The van der Waals surface area contributed by atoms with Crippen LogP contribution >= 0.6 is 11.8 Å². The molecule has 1 saturated carbocycles. The molecule has 1 amide bonds. The lowest BCUT2D eigenvalue weighted by molar-refractivity contribution is -0.764. The Bertz CT molecular complexity index is 887. The fourth-order valence-corrected chi connectivity index (χ4v) is 4.22. The van der Waals surface area contributed by atoms with Gasteiger partial charge >= 0.3 is 10.7 Å². The molecule has 1 aromatic carbocycles. The smallest absolute Gasteiger partial charge is 0.339 e. The Hall–Kier alpha value is -2.68. The lowest BCUT2D eigenvalue weighted by atomic mass is 10.2. The summed E-state index contributed by atoms with van der Waals surface area (Å²) in [5.74, 6) is 0.891. The Morgan fingerprint density at radius 3 is 2.46 bits per heavy atom. The van der Waals surface area contributed by atoms with Crippen molar-refractivity contribution in [3.63, 3.8) is 0 Å². The maximum Gasteiger partial charge on any atom is 0.339 e. The molecular formula is C19H24N3O5S+. The van der Waals surface area contributed by atoms with Crippen molar-refractivity contribution in [1.29, 1.82) is 0 Å². The van der Waals surface area contributed by atoms with Crippen molar-refractivity contribution < 1.29 is 23.9 Å². The van der Waals surface area contributed by atoms with Gasteiger partial charge in [0.05, 0.1) is 20.0 Å². The summed E-state index contributed by atoms with van der Waals surface area (Å²) >= 11 is 1.18. The minimum absolute atomic E-state index is 0.0731. The van der Waals surface area contributed by atoms with Gasteiger partial charge in [-0.2, -0.15) is 4.57 Å². The summed E-state index contributed by atoms with van der Waals surface area (Å²) in [7, 11) is 3.08. The number of anilines is 1. The van der Waals surface area contributed by atoms with E-state index in [1.54, 1.807) is 22.8 Å². The van der Waals surface area contributed by atoms with Gasteiger partial charge < -0.3 is 19.9 Å². The maximum absolute atomic E-state index is 12.4. The first kappa shape index (κ1) is 20.1. The van der Waals surface area contributed by atoms with Gasteiger partial charge in [0.1, 0.15) is 23.6 Å². The molecule has 8 nitrogen and oxygen atoms in total. The van der Waals surface area contributed by atoms with E-state index < -0.39 is 5.56 Å². The molecule has 0 radical (unpaired) electrons. The average Bonchev–Trinajstić information content (AvgIpc) is 3.19. The molecule has 0 saturated heterocycles. The molecule has 1 aliphatic carbocycles. The highest BCUT2D eigenvalue weighted by Gasteiger charge is 2.28. The molecule has 1 fully saturated rings. The summed E-state index contributed by atoms with van der Waals surface area (Å²) in [6, 6.07) is 6.40. The zero-order chi connectivity index (χ0) is 20.1. The van der Waals surface area contributed by atoms with Gasteiger partial charge in [0.2, 0.25) is 5.91 Å². The van der Waals surface area contributed by atoms with E-state index in [0.29, 0.717) is 22.3 Å². The summed E-state index contributed by atoms with van der Waals surface area (Å²) in [5, 5.41) is 13.5. The number of ether oxygens (including phenoxy) is 2. The van der Waals surface area contributed by atoms with Gasteiger partial charge in [-0.15, -0.1) is 0 Å². The molecule has 2 aromatic rings.